The lowest BCUT2D eigenvalue weighted by Crippen LogP contribution is -2.00. The van der Waals surface area contributed by atoms with E-state index in [-0.39, 0.29) is 0 Å². The Labute approximate surface area is 303 Å². The van der Waals surface area contributed by atoms with Crippen LogP contribution in [0.25, 0.3) is 99.7 Å². The van der Waals surface area contributed by atoms with Crippen LogP contribution in [0, 0.1) is 11.3 Å². The summed E-state index contributed by atoms with van der Waals surface area (Å²) in [6.07, 6.45) is 0. The van der Waals surface area contributed by atoms with Gasteiger partial charge in [0.2, 0.25) is 5.71 Å². The molecule has 11 aromatic rings. The van der Waals surface area contributed by atoms with Crippen molar-refractivity contribution in [1.29, 1.82) is 5.26 Å². The summed E-state index contributed by atoms with van der Waals surface area (Å²) in [5, 5.41) is 17.0. The molecule has 0 amide bonds. The molecule has 0 saturated carbocycles. The Morgan fingerprint density at radius 2 is 1.19 bits per heavy atom. The molecule has 0 fully saturated rings. The number of rotatable bonds is 4. The van der Waals surface area contributed by atoms with Crippen molar-refractivity contribution in [2.24, 2.45) is 0 Å². The summed E-state index contributed by atoms with van der Waals surface area (Å²) in [6, 6.07) is 58.5. The third-order valence-electron chi connectivity index (χ3n) is 10.4. The maximum absolute atomic E-state index is 10.7. The number of nitrogens with zero attached hydrogens (tertiary/aromatic N) is 5. The zero-order valence-corrected chi connectivity index (χ0v) is 28.2. The smallest absolute Gasteiger partial charge is 0.231 e. The molecule has 0 spiro atoms. The minimum Gasteiger partial charge on any atom is -0.438 e. The molecule has 6 nitrogen and oxygen atoms in total. The first kappa shape index (κ1) is 29.3. The number of hydrogen-bond acceptors (Lipinski definition) is 4. The molecule has 53 heavy (non-hydrogen) atoms. The number of hydrogen-bond donors (Lipinski definition) is 0. The van der Waals surface area contributed by atoms with Crippen molar-refractivity contribution in [3.05, 3.63) is 169 Å². The van der Waals surface area contributed by atoms with E-state index in [1.807, 2.05) is 72.8 Å². The van der Waals surface area contributed by atoms with E-state index in [1.54, 1.807) is 0 Å². The molecule has 0 atom stereocenters. The fourth-order valence-corrected chi connectivity index (χ4v) is 8.12. The molecule has 0 bridgehead atoms. The Balaban J connectivity index is 1.27. The van der Waals surface area contributed by atoms with Gasteiger partial charge < -0.3 is 13.6 Å². The summed E-state index contributed by atoms with van der Waals surface area (Å²) >= 11 is 0. The number of benzene rings is 7. The molecule has 0 radical (unpaired) electrons. The number of para-hydroxylation sites is 4. The molecule has 6 heteroatoms. The quantitative estimate of drug-likeness (QED) is 0.186. The Morgan fingerprint density at radius 1 is 0.509 bits per heavy atom. The highest BCUT2D eigenvalue weighted by Crippen LogP contribution is 2.43. The molecule has 0 N–H and O–H groups in total. The maximum Gasteiger partial charge on any atom is 0.231 e. The Bertz CT molecular complexity index is 3290. The van der Waals surface area contributed by atoms with Crippen molar-refractivity contribution in [3.63, 3.8) is 0 Å². The van der Waals surface area contributed by atoms with Crippen molar-refractivity contribution in [2.75, 3.05) is 0 Å². The topological polar surface area (TPSA) is 72.6 Å². The molecule has 7 aromatic carbocycles. The van der Waals surface area contributed by atoms with Crippen LogP contribution in [-0.2, 0) is 0 Å². The van der Waals surface area contributed by atoms with Crippen molar-refractivity contribution < 1.29 is 4.42 Å². The van der Waals surface area contributed by atoms with Gasteiger partial charge in [-0.05, 0) is 48.5 Å². The van der Waals surface area contributed by atoms with Crippen molar-refractivity contribution in [2.45, 2.75) is 0 Å². The third kappa shape index (κ3) is 4.25. The van der Waals surface area contributed by atoms with Crippen LogP contribution in [0.4, 0.5) is 0 Å². The highest BCUT2D eigenvalue weighted by Gasteiger charge is 2.24. The van der Waals surface area contributed by atoms with E-state index < -0.39 is 0 Å². The minimum atomic E-state index is 0.522. The van der Waals surface area contributed by atoms with E-state index in [0.29, 0.717) is 17.1 Å². The normalized spacial score (nSPS) is 11.8. The first-order valence-corrected chi connectivity index (χ1v) is 17.6. The average Bonchev–Trinajstić information content (AvgIpc) is 3.88. The van der Waals surface area contributed by atoms with E-state index >= 15 is 0 Å². The lowest BCUT2D eigenvalue weighted by atomic mass is 10.0. The van der Waals surface area contributed by atoms with Gasteiger partial charge in [0.05, 0.1) is 44.4 Å². The van der Waals surface area contributed by atoms with Gasteiger partial charge in [-0.2, -0.15) is 10.2 Å². The zero-order valence-electron chi connectivity index (χ0n) is 28.2. The highest BCUT2D eigenvalue weighted by molar-refractivity contribution is 6.26. The Morgan fingerprint density at radius 3 is 1.98 bits per heavy atom. The van der Waals surface area contributed by atoms with Crippen LogP contribution in [0.2, 0.25) is 0 Å². The van der Waals surface area contributed by atoms with Crippen LogP contribution >= 0.6 is 0 Å². The summed E-state index contributed by atoms with van der Waals surface area (Å²) < 4.78 is 11.0. The average molecular weight is 678 g/mol. The van der Waals surface area contributed by atoms with Crippen LogP contribution in [-0.4, -0.2) is 19.1 Å². The van der Waals surface area contributed by atoms with E-state index in [2.05, 4.69) is 106 Å². The van der Waals surface area contributed by atoms with Gasteiger partial charge in [0.15, 0.2) is 5.82 Å². The summed E-state index contributed by atoms with van der Waals surface area (Å²) in [5.41, 5.74) is 10.5. The third-order valence-corrected chi connectivity index (χ3v) is 10.4. The van der Waals surface area contributed by atoms with Gasteiger partial charge in [-0.25, -0.2) is 4.98 Å². The molecule has 0 aliphatic heterocycles. The predicted octanol–water partition coefficient (Wildman–Crippen LogP) is 11.8. The number of nitriles is 1. The lowest BCUT2D eigenvalue weighted by Gasteiger charge is -2.14. The van der Waals surface area contributed by atoms with Gasteiger partial charge in [0, 0.05) is 43.7 Å². The van der Waals surface area contributed by atoms with Crippen molar-refractivity contribution in [1.82, 2.24) is 19.1 Å². The highest BCUT2D eigenvalue weighted by atomic mass is 16.3. The molecule has 11 rings (SSSR count). The summed E-state index contributed by atoms with van der Waals surface area (Å²) in [7, 11) is 0. The second kappa shape index (κ2) is 11.3. The van der Waals surface area contributed by atoms with Gasteiger partial charge in [0.25, 0.3) is 0 Å². The summed E-state index contributed by atoms with van der Waals surface area (Å²) in [5.74, 6) is 0.574. The molecule has 0 unspecified atom stereocenters. The number of furan rings is 1. The van der Waals surface area contributed by atoms with E-state index in [1.165, 1.54) is 0 Å². The van der Waals surface area contributed by atoms with E-state index in [9.17, 15) is 5.26 Å². The lowest BCUT2D eigenvalue weighted by molar-refractivity contribution is 0.653. The molecular weight excluding hydrogens is 651 g/mol. The molecule has 246 valence electrons. The summed E-state index contributed by atoms with van der Waals surface area (Å²) in [6.45, 7) is 0. The van der Waals surface area contributed by atoms with Gasteiger partial charge in [-0.3, -0.25) is 0 Å². The van der Waals surface area contributed by atoms with Crippen LogP contribution in [0.5, 0.6) is 0 Å². The second-order valence-corrected chi connectivity index (χ2v) is 13.3. The first-order chi connectivity index (χ1) is 26.3. The van der Waals surface area contributed by atoms with Crippen LogP contribution in [0.1, 0.15) is 5.56 Å². The van der Waals surface area contributed by atoms with Crippen LogP contribution in [0.3, 0.4) is 0 Å². The molecular formula is C47H27N5O. The number of aromatic nitrogens is 4. The van der Waals surface area contributed by atoms with Gasteiger partial charge in [0.1, 0.15) is 11.7 Å². The molecule has 4 aromatic heterocycles. The van der Waals surface area contributed by atoms with Gasteiger partial charge in [-0.15, -0.1) is 0 Å². The SMILES string of the molecule is N#Cc1ccc(-c2nc(-c3ccccc3)nc3oc4ccccc4c23)cc1-n1c2ccccc2c2ccc3c(c4ccccc4n3-c3ccccc3)c21. The predicted molar refractivity (Wildman–Crippen MR) is 214 cm³/mol. The summed E-state index contributed by atoms with van der Waals surface area (Å²) in [4.78, 5) is 10.1. The van der Waals surface area contributed by atoms with Gasteiger partial charge >= 0.3 is 0 Å². The zero-order chi connectivity index (χ0) is 35.0. The molecule has 4 heterocycles. The molecule has 0 aliphatic rings. The maximum atomic E-state index is 10.7. The monoisotopic (exact) mass is 677 g/mol. The Kier molecular flexibility index (Phi) is 6.22. The van der Waals surface area contributed by atoms with Crippen molar-refractivity contribution in [3.8, 4) is 40.1 Å². The fourth-order valence-electron chi connectivity index (χ4n) is 8.12. The van der Waals surface area contributed by atoms with E-state index in [4.69, 9.17) is 14.4 Å². The standard InChI is InChI=1S/C47H27N5O/c48-28-31-24-23-30(44-43-36-19-9-12-22-41(36)53-47(43)50-46(49-44)29-13-3-1-4-14-29)27-40(31)52-37-20-10-7-17-33(37)34-25-26-39-42(45(34)52)35-18-8-11-21-38(35)51(39)32-15-5-2-6-16-32/h1-27H. The van der Waals surface area contributed by atoms with Crippen LogP contribution < -0.4 is 0 Å². The van der Waals surface area contributed by atoms with Crippen molar-refractivity contribution >= 4 is 65.7 Å². The molecule has 0 saturated heterocycles. The van der Waals surface area contributed by atoms with Crippen LogP contribution in [0.15, 0.2) is 168 Å². The van der Waals surface area contributed by atoms with E-state index in [0.717, 1.165) is 88.2 Å². The molecule has 0 aliphatic carbocycles. The largest absolute Gasteiger partial charge is 0.438 e. The Hall–Kier alpha value is -7.49. The first-order valence-electron chi connectivity index (χ1n) is 17.6. The minimum absolute atomic E-state index is 0.522. The number of fused-ring (bicyclic) bond motifs is 10. The fraction of sp³-hybridized carbons (Fsp3) is 0. The van der Waals surface area contributed by atoms with Gasteiger partial charge in [-0.1, -0.05) is 115 Å². The second-order valence-electron chi connectivity index (χ2n) is 13.3.